The van der Waals surface area contributed by atoms with Crippen LogP contribution in [0.2, 0.25) is 0 Å². The van der Waals surface area contributed by atoms with Crippen molar-refractivity contribution >= 4 is 11.9 Å². The lowest BCUT2D eigenvalue weighted by Gasteiger charge is -2.24. The number of aromatic nitrogens is 4. The molecule has 0 spiro atoms. The average Bonchev–Trinajstić information content (AvgIpc) is 3.30. The largest absolute Gasteiger partial charge is 0.348 e. The van der Waals surface area contributed by atoms with E-state index in [4.69, 9.17) is 0 Å². The predicted octanol–water partition coefficient (Wildman–Crippen LogP) is 1.03. The summed E-state index contributed by atoms with van der Waals surface area (Å²) in [6.45, 7) is 6.02. The number of amides is 1. The van der Waals surface area contributed by atoms with Crippen LogP contribution < -0.4 is 10.5 Å². The van der Waals surface area contributed by atoms with Gasteiger partial charge in [-0.3, -0.25) is 24.6 Å². The molecule has 0 radical (unpaired) electrons. The molecule has 1 atom stereocenters. The van der Waals surface area contributed by atoms with E-state index >= 15 is 0 Å². The predicted molar refractivity (Wildman–Crippen MR) is 108 cm³/mol. The molecule has 152 valence electrons. The molecular weight excluding hydrogens is 358 g/mol. The second kappa shape index (κ2) is 8.14. The van der Waals surface area contributed by atoms with Crippen molar-refractivity contribution in [3.05, 3.63) is 39.6 Å². The van der Waals surface area contributed by atoms with E-state index in [0.717, 1.165) is 12.1 Å². The van der Waals surface area contributed by atoms with E-state index in [0.29, 0.717) is 42.9 Å². The van der Waals surface area contributed by atoms with Gasteiger partial charge >= 0.3 is 0 Å². The minimum Gasteiger partial charge on any atom is -0.348 e. The Labute approximate surface area is 164 Å². The highest BCUT2D eigenvalue weighted by atomic mass is 16.2. The van der Waals surface area contributed by atoms with Crippen molar-refractivity contribution < 1.29 is 4.79 Å². The quantitative estimate of drug-likeness (QED) is 0.768. The number of nitrogens with zero attached hydrogens (tertiary/aromatic N) is 5. The number of likely N-dealkylation sites (tertiary alicyclic amines) is 1. The third-order valence-corrected chi connectivity index (χ3v) is 5.13. The minimum absolute atomic E-state index is 0.0387. The number of hydrogen-bond donors (Lipinski definition) is 2. The summed E-state index contributed by atoms with van der Waals surface area (Å²) in [5, 5.41) is 7.12. The highest BCUT2D eigenvalue weighted by Crippen LogP contribution is 2.19. The Balaban J connectivity index is 1.63. The highest BCUT2D eigenvalue weighted by Gasteiger charge is 2.30. The summed E-state index contributed by atoms with van der Waals surface area (Å²) >= 11 is 0. The molecule has 9 nitrogen and oxygen atoms in total. The monoisotopic (exact) mass is 387 g/mol. The van der Waals surface area contributed by atoms with Crippen LogP contribution in [0.15, 0.2) is 16.9 Å². The summed E-state index contributed by atoms with van der Waals surface area (Å²) in [6.07, 6.45) is 0.882. The number of hydrogen-bond acceptors (Lipinski definition) is 6. The third-order valence-electron chi connectivity index (χ3n) is 5.13. The van der Waals surface area contributed by atoms with Crippen molar-refractivity contribution in [1.29, 1.82) is 0 Å². The lowest BCUT2D eigenvalue weighted by molar-refractivity contribution is 0.0773. The van der Waals surface area contributed by atoms with Crippen molar-refractivity contribution in [3.63, 3.8) is 0 Å². The second-order valence-corrected chi connectivity index (χ2v) is 7.93. The smallest absolute Gasteiger partial charge is 0.274 e. The molecule has 1 aliphatic heterocycles. The maximum Gasteiger partial charge on any atom is 0.274 e. The highest BCUT2D eigenvalue weighted by molar-refractivity contribution is 5.92. The van der Waals surface area contributed by atoms with Gasteiger partial charge in [0.25, 0.3) is 11.5 Å². The molecule has 3 heterocycles. The topological polar surface area (TPSA) is 101 Å². The molecule has 9 heteroatoms. The van der Waals surface area contributed by atoms with E-state index in [1.54, 1.807) is 4.90 Å². The van der Waals surface area contributed by atoms with E-state index in [2.05, 4.69) is 38.9 Å². The van der Waals surface area contributed by atoms with Gasteiger partial charge in [-0.05, 0) is 25.5 Å². The molecule has 28 heavy (non-hydrogen) atoms. The van der Waals surface area contributed by atoms with Crippen LogP contribution in [-0.4, -0.2) is 76.1 Å². The van der Waals surface area contributed by atoms with Crippen molar-refractivity contribution in [2.75, 3.05) is 39.1 Å². The lowest BCUT2D eigenvalue weighted by atomic mass is 10.1. The second-order valence-electron chi connectivity index (χ2n) is 7.93. The van der Waals surface area contributed by atoms with Gasteiger partial charge in [0.2, 0.25) is 5.95 Å². The van der Waals surface area contributed by atoms with Crippen molar-refractivity contribution in [2.24, 2.45) is 0 Å². The minimum atomic E-state index is -0.162. The Morgan fingerprint density at radius 3 is 2.71 bits per heavy atom. The molecule has 0 aliphatic carbocycles. The lowest BCUT2D eigenvalue weighted by Crippen LogP contribution is -2.36. The molecule has 3 rings (SSSR count). The summed E-state index contributed by atoms with van der Waals surface area (Å²) in [5.41, 5.74) is 1.99. The summed E-state index contributed by atoms with van der Waals surface area (Å²) in [6, 6.07) is 3.59. The molecule has 0 bridgehead atoms. The van der Waals surface area contributed by atoms with Crippen molar-refractivity contribution in [3.8, 4) is 0 Å². The number of likely N-dealkylation sites (N-methyl/N-ethyl adjacent to an activating group) is 1. The molecule has 0 saturated carbocycles. The zero-order chi connectivity index (χ0) is 20.4. The van der Waals surface area contributed by atoms with Crippen LogP contribution >= 0.6 is 0 Å². The van der Waals surface area contributed by atoms with Crippen LogP contribution in [0.4, 0.5) is 5.95 Å². The molecule has 0 aromatic carbocycles. The van der Waals surface area contributed by atoms with E-state index in [9.17, 15) is 9.59 Å². The number of nitrogens with one attached hydrogen (secondary N) is 2. The summed E-state index contributed by atoms with van der Waals surface area (Å²) in [5.74, 6) is 0.807. The Kier molecular flexibility index (Phi) is 5.83. The van der Waals surface area contributed by atoms with Gasteiger partial charge in [-0.15, -0.1) is 0 Å². The fourth-order valence-corrected chi connectivity index (χ4v) is 3.36. The average molecular weight is 387 g/mol. The van der Waals surface area contributed by atoms with Gasteiger partial charge in [0.15, 0.2) is 0 Å². The maximum atomic E-state index is 12.7. The fourth-order valence-electron chi connectivity index (χ4n) is 3.36. The molecule has 0 unspecified atom stereocenters. The van der Waals surface area contributed by atoms with Crippen LogP contribution in [0.3, 0.4) is 0 Å². The Hall–Kier alpha value is -2.68. The first kappa shape index (κ1) is 20.1. The van der Waals surface area contributed by atoms with E-state index in [1.807, 2.05) is 32.1 Å². The summed E-state index contributed by atoms with van der Waals surface area (Å²) in [4.78, 5) is 37.6. The van der Waals surface area contributed by atoms with Crippen LogP contribution in [0.1, 0.15) is 48.1 Å². The standard InChI is InChI=1S/C19H29N7O2/c1-12(2)15-9-16(23-22-15)18(28)26-7-6-14(11-26)25(5)10-13-8-17(27)21-19(20-13)24(3)4/h8-9,12,14H,6-7,10-11H2,1-5H3,(H,22,23)(H,20,21,27)/t14-/m0/s1. The first-order valence-electron chi connectivity index (χ1n) is 9.57. The number of H-pyrrole nitrogens is 2. The van der Waals surface area contributed by atoms with Gasteiger partial charge in [0.05, 0.1) is 5.69 Å². The van der Waals surface area contributed by atoms with Crippen molar-refractivity contribution in [1.82, 2.24) is 30.0 Å². The maximum absolute atomic E-state index is 12.7. The molecule has 2 N–H and O–H groups in total. The molecular formula is C19H29N7O2. The van der Waals surface area contributed by atoms with Gasteiger partial charge in [0.1, 0.15) is 5.69 Å². The number of carbonyl (C=O) groups excluding carboxylic acids is 1. The Bertz CT molecular complexity index is 886. The zero-order valence-corrected chi connectivity index (χ0v) is 17.2. The van der Waals surface area contributed by atoms with Crippen LogP contribution in [0.25, 0.3) is 0 Å². The fraction of sp³-hybridized carbons (Fsp3) is 0.579. The molecule has 2 aromatic rings. The molecule has 1 saturated heterocycles. The van der Waals surface area contributed by atoms with Gasteiger partial charge in [-0.2, -0.15) is 5.10 Å². The molecule has 1 amide bonds. The number of anilines is 1. The summed E-state index contributed by atoms with van der Waals surface area (Å²) in [7, 11) is 5.68. The third kappa shape index (κ3) is 4.41. The van der Waals surface area contributed by atoms with Crippen LogP contribution in [0.5, 0.6) is 0 Å². The zero-order valence-electron chi connectivity index (χ0n) is 17.2. The summed E-state index contributed by atoms with van der Waals surface area (Å²) < 4.78 is 0. The molecule has 2 aromatic heterocycles. The van der Waals surface area contributed by atoms with Gasteiger partial charge < -0.3 is 9.80 Å². The van der Waals surface area contributed by atoms with Gasteiger partial charge in [-0.25, -0.2) is 4.98 Å². The number of carbonyl (C=O) groups is 1. The van der Waals surface area contributed by atoms with Gasteiger partial charge in [-0.1, -0.05) is 13.8 Å². The Morgan fingerprint density at radius 1 is 1.32 bits per heavy atom. The molecule has 1 fully saturated rings. The van der Waals surface area contributed by atoms with Crippen LogP contribution in [0, 0.1) is 0 Å². The van der Waals surface area contributed by atoms with E-state index in [-0.39, 0.29) is 17.5 Å². The molecule has 1 aliphatic rings. The first-order chi connectivity index (χ1) is 13.2. The number of rotatable bonds is 6. The van der Waals surface area contributed by atoms with Crippen molar-refractivity contribution in [2.45, 2.75) is 38.8 Å². The first-order valence-corrected chi connectivity index (χ1v) is 9.57. The Morgan fingerprint density at radius 2 is 2.07 bits per heavy atom. The van der Waals surface area contributed by atoms with Gasteiger partial charge in [0, 0.05) is 51.5 Å². The van der Waals surface area contributed by atoms with E-state index < -0.39 is 0 Å². The number of aromatic amines is 2. The van der Waals surface area contributed by atoms with Crippen LogP contribution in [-0.2, 0) is 6.54 Å². The normalized spacial score (nSPS) is 17.0. The van der Waals surface area contributed by atoms with E-state index in [1.165, 1.54) is 6.07 Å². The SMILES string of the molecule is CC(C)c1cc(C(=O)N2CC[C@H](N(C)Cc3cc(=O)[nH]c(N(C)C)n3)C2)n[nH]1.